The van der Waals surface area contributed by atoms with Crippen molar-refractivity contribution in [1.29, 1.82) is 5.26 Å². The van der Waals surface area contributed by atoms with Gasteiger partial charge in [-0.25, -0.2) is 4.83 Å². The summed E-state index contributed by atoms with van der Waals surface area (Å²) in [6.45, 7) is 0.216. The lowest BCUT2D eigenvalue weighted by molar-refractivity contribution is 0.296. The molecule has 3 aromatic carbocycles. The van der Waals surface area contributed by atoms with Gasteiger partial charge in [0.1, 0.15) is 18.1 Å². The van der Waals surface area contributed by atoms with Crippen LogP contribution in [0.5, 0.6) is 11.5 Å². The zero-order valence-electron chi connectivity index (χ0n) is 16.4. The minimum atomic E-state index is -3.80. The molecule has 9 heteroatoms. The molecule has 0 aliphatic carbocycles. The first kappa shape index (κ1) is 22.2. The second-order valence-corrected chi connectivity index (χ2v) is 8.40. The number of nitriles is 1. The van der Waals surface area contributed by atoms with Crippen LogP contribution in [0.2, 0.25) is 5.02 Å². The number of hydrogen-bond acceptors (Lipinski definition) is 6. The van der Waals surface area contributed by atoms with Gasteiger partial charge in [0.05, 0.1) is 29.9 Å². The maximum absolute atomic E-state index is 12.3. The van der Waals surface area contributed by atoms with Crippen LogP contribution in [-0.2, 0) is 16.6 Å². The summed E-state index contributed by atoms with van der Waals surface area (Å²) in [6, 6.07) is 19.8. The predicted octanol–water partition coefficient (Wildman–Crippen LogP) is 4.11. The van der Waals surface area contributed by atoms with Crippen LogP contribution in [0.15, 0.2) is 76.7 Å². The zero-order chi connectivity index (χ0) is 22.3. The van der Waals surface area contributed by atoms with Gasteiger partial charge in [-0.3, -0.25) is 0 Å². The monoisotopic (exact) mass is 455 g/mol. The molecule has 0 bridgehead atoms. The van der Waals surface area contributed by atoms with E-state index in [4.69, 9.17) is 26.3 Å². The Morgan fingerprint density at radius 2 is 1.81 bits per heavy atom. The van der Waals surface area contributed by atoms with Crippen LogP contribution < -0.4 is 14.3 Å². The van der Waals surface area contributed by atoms with Crippen molar-refractivity contribution in [3.05, 3.63) is 88.4 Å². The number of halogens is 1. The number of hydrazone groups is 1. The molecule has 7 nitrogen and oxygen atoms in total. The molecule has 158 valence electrons. The smallest absolute Gasteiger partial charge is 0.276 e. The molecule has 31 heavy (non-hydrogen) atoms. The second-order valence-electron chi connectivity index (χ2n) is 6.30. The van der Waals surface area contributed by atoms with Gasteiger partial charge in [-0.1, -0.05) is 11.6 Å². The summed E-state index contributed by atoms with van der Waals surface area (Å²) in [7, 11) is -2.25. The quantitative estimate of drug-likeness (QED) is 0.407. The van der Waals surface area contributed by atoms with Crippen LogP contribution in [0.4, 0.5) is 0 Å². The number of ether oxygens (including phenoxy) is 2. The van der Waals surface area contributed by atoms with Gasteiger partial charge >= 0.3 is 0 Å². The molecule has 0 fully saturated rings. The number of hydrogen-bond donors (Lipinski definition) is 1. The molecule has 0 aromatic heterocycles. The van der Waals surface area contributed by atoms with Crippen molar-refractivity contribution in [2.75, 3.05) is 7.11 Å². The van der Waals surface area contributed by atoms with Crippen molar-refractivity contribution in [3.8, 4) is 17.6 Å². The molecule has 0 aliphatic rings. The maximum Gasteiger partial charge on any atom is 0.276 e. The minimum absolute atomic E-state index is 0.0558. The van der Waals surface area contributed by atoms with Gasteiger partial charge in [-0.05, 0) is 72.3 Å². The molecule has 0 aliphatic heterocycles. The van der Waals surface area contributed by atoms with Crippen LogP contribution in [0.3, 0.4) is 0 Å². The molecule has 0 heterocycles. The van der Waals surface area contributed by atoms with Gasteiger partial charge < -0.3 is 9.47 Å². The van der Waals surface area contributed by atoms with E-state index < -0.39 is 10.0 Å². The first-order chi connectivity index (χ1) is 14.9. The summed E-state index contributed by atoms with van der Waals surface area (Å²) in [5.41, 5.74) is 1.94. The molecule has 1 N–H and O–H groups in total. The third-order valence-electron chi connectivity index (χ3n) is 4.19. The van der Waals surface area contributed by atoms with Crippen molar-refractivity contribution in [1.82, 2.24) is 4.83 Å². The number of benzene rings is 3. The molecular formula is C22H18ClN3O4S. The molecule has 3 aromatic rings. The Balaban J connectivity index is 1.70. The Bertz CT molecular complexity index is 1220. The molecule has 0 amide bonds. The van der Waals surface area contributed by atoms with Crippen LogP contribution in [0, 0.1) is 11.3 Å². The summed E-state index contributed by atoms with van der Waals surface area (Å²) in [5, 5.41) is 13.1. The fourth-order valence-electron chi connectivity index (χ4n) is 2.62. The van der Waals surface area contributed by atoms with Crippen molar-refractivity contribution in [2.45, 2.75) is 11.5 Å². The topological polar surface area (TPSA) is 101 Å². The van der Waals surface area contributed by atoms with Crippen LogP contribution in [-0.4, -0.2) is 21.7 Å². The fourth-order valence-corrected chi connectivity index (χ4v) is 3.53. The van der Waals surface area contributed by atoms with Crippen molar-refractivity contribution < 1.29 is 17.9 Å². The molecule has 0 spiro atoms. The summed E-state index contributed by atoms with van der Waals surface area (Å²) in [5.74, 6) is 1.23. The minimum Gasteiger partial charge on any atom is -0.496 e. The van der Waals surface area contributed by atoms with Gasteiger partial charge in [0.25, 0.3) is 10.0 Å². The Kier molecular flexibility index (Phi) is 7.13. The van der Waals surface area contributed by atoms with E-state index in [2.05, 4.69) is 16.0 Å². The highest BCUT2D eigenvalue weighted by Gasteiger charge is 2.12. The number of sulfonamides is 1. The van der Waals surface area contributed by atoms with E-state index in [1.165, 1.54) is 30.5 Å². The molecule has 0 saturated carbocycles. The largest absolute Gasteiger partial charge is 0.496 e. The molecule has 3 rings (SSSR count). The molecule has 0 unspecified atom stereocenters. The number of methoxy groups -OCH3 is 1. The van der Waals surface area contributed by atoms with E-state index >= 15 is 0 Å². The Morgan fingerprint density at radius 1 is 1.10 bits per heavy atom. The maximum atomic E-state index is 12.3. The van der Waals surface area contributed by atoms with Crippen LogP contribution in [0.1, 0.15) is 16.7 Å². The SMILES string of the molecule is COc1ccc(C=NNS(=O)(=O)c2ccc(Cl)cc2)cc1COc1ccc(C#N)cc1. The zero-order valence-corrected chi connectivity index (χ0v) is 18.0. The highest BCUT2D eigenvalue weighted by atomic mass is 35.5. The summed E-state index contributed by atoms with van der Waals surface area (Å²) < 4.78 is 35.7. The van der Waals surface area contributed by atoms with Gasteiger partial charge in [-0.15, -0.1) is 0 Å². The lowest BCUT2D eigenvalue weighted by atomic mass is 10.1. The van der Waals surface area contributed by atoms with E-state index in [1.54, 1.807) is 49.6 Å². The Labute approximate surface area is 185 Å². The Morgan fingerprint density at radius 3 is 2.45 bits per heavy atom. The standard InChI is InChI=1S/C22H18ClN3O4S/c1-29-22-11-4-17(12-18(22)15-30-20-7-2-16(13-24)3-8-20)14-25-26-31(27,28)21-9-5-19(23)6-10-21/h2-12,14,26H,15H2,1H3. The molecule has 0 atom stereocenters. The van der Waals surface area contributed by atoms with E-state index in [1.807, 2.05) is 0 Å². The predicted molar refractivity (Wildman–Crippen MR) is 118 cm³/mol. The number of nitrogens with one attached hydrogen (secondary N) is 1. The van der Waals surface area contributed by atoms with Crippen molar-refractivity contribution in [2.24, 2.45) is 5.10 Å². The van der Waals surface area contributed by atoms with Gasteiger partial charge in [0, 0.05) is 10.6 Å². The van der Waals surface area contributed by atoms with Crippen LogP contribution >= 0.6 is 11.6 Å². The van der Waals surface area contributed by atoms with Gasteiger partial charge in [-0.2, -0.15) is 18.8 Å². The van der Waals surface area contributed by atoms with E-state index in [-0.39, 0.29) is 11.5 Å². The number of nitrogens with zero attached hydrogens (tertiary/aromatic N) is 2. The summed E-state index contributed by atoms with van der Waals surface area (Å²) in [6.07, 6.45) is 1.39. The third kappa shape index (κ3) is 5.98. The van der Waals surface area contributed by atoms with Crippen molar-refractivity contribution >= 4 is 27.8 Å². The lowest BCUT2D eigenvalue weighted by Gasteiger charge is -2.11. The van der Waals surface area contributed by atoms with E-state index in [0.29, 0.717) is 27.6 Å². The normalized spacial score (nSPS) is 11.1. The summed E-state index contributed by atoms with van der Waals surface area (Å²) in [4.78, 5) is 2.23. The molecular weight excluding hydrogens is 438 g/mol. The second kappa shape index (κ2) is 9.98. The third-order valence-corrected chi connectivity index (χ3v) is 5.68. The summed E-state index contributed by atoms with van der Waals surface area (Å²) >= 11 is 5.79. The van der Waals surface area contributed by atoms with Gasteiger partial charge in [0.2, 0.25) is 0 Å². The Hall–Kier alpha value is -3.54. The molecule has 0 radical (unpaired) electrons. The lowest BCUT2D eigenvalue weighted by Crippen LogP contribution is -2.18. The van der Waals surface area contributed by atoms with Crippen molar-refractivity contribution in [3.63, 3.8) is 0 Å². The first-order valence-corrected chi connectivity index (χ1v) is 10.9. The number of rotatable bonds is 8. The highest BCUT2D eigenvalue weighted by Crippen LogP contribution is 2.22. The van der Waals surface area contributed by atoms with Crippen LogP contribution in [0.25, 0.3) is 0 Å². The van der Waals surface area contributed by atoms with Gasteiger partial charge in [0.15, 0.2) is 0 Å². The average Bonchev–Trinajstić information content (AvgIpc) is 2.78. The fraction of sp³-hybridized carbons (Fsp3) is 0.0909. The highest BCUT2D eigenvalue weighted by molar-refractivity contribution is 7.89. The van der Waals surface area contributed by atoms with E-state index in [9.17, 15) is 8.42 Å². The average molecular weight is 456 g/mol. The van der Waals surface area contributed by atoms with E-state index in [0.717, 1.165) is 5.56 Å². The first-order valence-electron chi connectivity index (χ1n) is 9.01. The molecule has 0 saturated heterocycles.